The summed E-state index contributed by atoms with van der Waals surface area (Å²) in [6.45, 7) is 4.00. The Kier molecular flexibility index (Phi) is 6.81. The molecule has 1 aliphatic heterocycles. The highest BCUT2D eigenvalue weighted by Gasteiger charge is 2.31. The van der Waals surface area contributed by atoms with Crippen LogP contribution in [0.15, 0.2) is 54.0 Å². The molecule has 0 spiro atoms. The number of hydrogen-bond donors (Lipinski definition) is 1. The smallest absolute Gasteiger partial charge is 0.335 e. The Morgan fingerprint density at radius 1 is 1.23 bits per heavy atom. The average Bonchev–Trinajstić information content (AvgIpc) is 2.99. The van der Waals surface area contributed by atoms with E-state index < -0.39 is 5.97 Å². The first-order valence-electron chi connectivity index (χ1n) is 9.32. The summed E-state index contributed by atoms with van der Waals surface area (Å²) in [5, 5.41) is 8.70. The quantitative estimate of drug-likeness (QED) is 0.482. The molecular weight excluding hydrogens is 418 g/mol. The maximum absolute atomic E-state index is 12.2. The number of rotatable bonds is 8. The second kappa shape index (κ2) is 9.53. The lowest BCUT2D eigenvalue weighted by molar-refractivity contribution is -0.121. The van der Waals surface area contributed by atoms with Crippen LogP contribution in [-0.4, -0.2) is 41.3 Å². The number of nitrogens with zero attached hydrogens (tertiary/aromatic N) is 1. The Balaban J connectivity index is 1.89. The first-order chi connectivity index (χ1) is 14.8. The van der Waals surface area contributed by atoms with Gasteiger partial charge in [-0.2, -0.15) is 0 Å². The summed E-state index contributed by atoms with van der Waals surface area (Å²) in [6, 6.07) is 10.0. The number of amides is 2. The summed E-state index contributed by atoms with van der Waals surface area (Å²) in [6.07, 6.45) is 3.88. The van der Waals surface area contributed by atoms with Crippen LogP contribution in [0.4, 0.5) is 4.79 Å². The van der Waals surface area contributed by atoms with Crippen molar-refractivity contribution in [3.63, 3.8) is 0 Å². The minimum atomic E-state index is -0.987. The van der Waals surface area contributed by atoms with Crippen molar-refractivity contribution in [2.45, 2.75) is 13.0 Å². The molecule has 8 heteroatoms. The van der Waals surface area contributed by atoms with Crippen molar-refractivity contribution in [1.82, 2.24) is 4.90 Å². The number of allylic oxidation sites excluding steroid dienone is 1. The highest BCUT2D eigenvalue weighted by Crippen LogP contribution is 2.37. The molecule has 2 amide bonds. The summed E-state index contributed by atoms with van der Waals surface area (Å²) < 4.78 is 11.5. The summed E-state index contributed by atoms with van der Waals surface area (Å²) in [5.74, 6) is -0.322. The topological polar surface area (TPSA) is 93.1 Å². The first-order valence-corrected chi connectivity index (χ1v) is 10.1. The van der Waals surface area contributed by atoms with E-state index in [1.54, 1.807) is 30.4 Å². The van der Waals surface area contributed by atoms with Gasteiger partial charge in [-0.05, 0) is 59.7 Å². The van der Waals surface area contributed by atoms with E-state index in [9.17, 15) is 14.4 Å². The zero-order chi connectivity index (χ0) is 22.5. The lowest BCUT2D eigenvalue weighted by atomic mass is 10.0. The van der Waals surface area contributed by atoms with Crippen molar-refractivity contribution in [3.8, 4) is 11.5 Å². The zero-order valence-corrected chi connectivity index (χ0v) is 17.9. The van der Waals surface area contributed by atoms with Crippen LogP contribution in [0.25, 0.3) is 6.08 Å². The van der Waals surface area contributed by atoms with Crippen LogP contribution in [0.1, 0.15) is 27.0 Å². The SMILES string of the molecule is C=CCc1cc(/C=C2\SC(=O)N(C)C2=O)cc(OC)c1OCc1ccc(C(=O)O)cc1. The van der Waals surface area contributed by atoms with Crippen LogP contribution < -0.4 is 9.47 Å². The normalized spacial score (nSPS) is 14.8. The minimum Gasteiger partial charge on any atom is -0.493 e. The van der Waals surface area contributed by atoms with E-state index in [1.807, 2.05) is 6.07 Å². The molecule has 0 bridgehead atoms. The number of ether oxygens (including phenoxy) is 2. The van der Waals surface area contributed by atoms with E-state index in [0.717, 1.165) is 27.8 Å². The molecule has 0 aliphatic carbocycles. The Bertz CT molecular complexity index is 1070. The Hall–Kier alpha value is -3.52. The summed E-state index contributed by atoms with van der Waals surface area (Å²) in [7, 11) is 2.97. The van der Waals surface area contributed by atoms with Gasteiger partial charge in [0.2, 0.25) is 0 Å². The number of carbonyl (C=O) groups excluding carboxylic acids is 2. The molecule has 0 radical (unpaired) electrons. The molecule has 2 aromatic carbocycles. The maximum Gasteiger partial charge on any atom is 0.335 e. The molecule has 1 fully saturated rings. The van der Waals surface area contributed by atoms with Crippen molar-refractivity contribution in [3.05, 3.63) is 76.2 Å². The van der Waals surface area contributed by atoms with Crippen LogP contribution in [0.2, 0.25) is 0 Å². The molecule has 7 nitrogen and oxygen atoms in total. The van der Waals surface area contributed by atoms with Gasteiger partial charge in [-0.25, -0.2) is 4.79 Å². The Morgan fingerprint density at radius 2 is 1.94 bits per heavy atom. The number of imide groups is 1. The summed E-state index contributed by atoms with van der Waals surface area (Å²) >= 11 is 0.889. The van der Waals surface area contributed by atoms with E-state index >= 15 is 0 Å². The first kappa shape index (κ1) is 22.2. The van der Waals surface area contributed by atoms with Crippen molar-refractivity contribution in [2.24, 2.45) is 0 Å². The Morgan fingerprint density at radius 3 is 2.48 bits per heavy atom. The van der Waals surface area contributed by atoms with E-state index in [0.29, 0.717) is 28.4 Å². The van der Waals surface area contributed by atoms with Crippen molar-refractivity contribution in [1.29, 1.82) is 0 Å². The molecule has 2 aromatic rings. The molecule has 0 unspecified atom stereocenters. The van der Waals surface area contributed by atoms with Gasteiger partial charge in [-0.3, -0.25) is 14.5 Å². The number of carboxylic acid groups (broad SMARTS) is 1. The van der Waals surface area contributed by atoms with Gasteiger partial charge in [0, 0.05) is 12.6 Å². The zero-order valence-electron chi connectivity index (χ0n) is 17.1. The van der Waals surface area contributed by atoms with E-state index in [1.165, 1.54) is 26.3 Å². The predicted octanol–water partition coefficient (Wildman–Crippen LogP) is 4.37. The lowest BCUT2D eigenvalue weighted by Gasteiger charge is -2.16. The average molecular weight is 439 g/mol. The third-order valence-corrected chi connectivity index (χ3v) is 5.57. The highest BCUT2D eigenvalue weighted by molar-refractivity contribution is 8.18. The number of likely N-dealkylation sites (N-methyl/N-ethyl adjacent to an activating group) is 1. The molecule has 0 aromatic heterocycles. The third kappa shape index (κ3) is 4.97. The van der Waals surface area contributed by atoms with Crippen LogP contribution in [0, 0.1) is 0 Å². The van der Waals surface area contributed by atoms with Crippen LogP contribution in [0.3, 0.4) is 0 Å². The van der Waals surface area contributed by atoms with Crippen molar-refractivity contribution < 1.29 is 29.0 Å². The van der Waals surface area contributed by atoms with Gasteiger partial charge in [-0.15, -0.1) is 6.58 Å². The summed E-state index contributed by atoms with van der Waals surface area (Å²) in [5.41, 5.74) is 2.51. The molecule has 1 aliphatic rings. The van der Waals surface area contributed by atoms with Crippen LogP contribution >= 0.6 is 11.8 Å². The van der Waals surface area contributed by atoms with E-state index in [4.69, 9.17) is 14.6 Å². The number of benzene rings is 2. The second-order valence-electron chi connectivity index (χ2n) is 6.74. The van der Waals surface area contributed by atoms with Gasteiger partial charge in [0.05, 0.1) is 17.6 Å². The molecule has 1 heterocycles. The maximum atomic E-state index is 12.2. The van der Waals surface area contributed by atoms with Crippen molar-refractivity contribution >= 4 is 35.0 Å². The molecule has 1 saturated heterocycles. The van der Waals surface area contributed by atoms with Gasteiger partial charge in [0.25, 0.3) is 11.1 Å². The molecule has 3 rings (SSSR count). The molecule has 31 heavy (non-hydrogen) atoms. The van der Waals surface area contributed by atoms with Gasteiger partial charge in [0.15, 0.2) is 11.5 Å². The fraction of sp³-hybridized carbons (Fsp3) is 0.174. The number of carboxylic acids is 1. The minimum absolute atomic E-state index is 0.203. The summed E-state index contributed by atoms with van der Waals surface area (Å²) in [4.78, 5) is 36.3. The standard InChI is InChI=1S/C23H21NO6S/c1-4-5-17-10-15(12-19-21(25)24(2)23(28)31-19)11-18(29-3)20(17)30-13-14-6-8-16(9-7-14)22(26)27/h4,6-12H,1,5,13H2,2-3H3,(H,26,27)/b19-12-. The highest BCUT2D eigenvalue weighted by atomic mass is 32.2. The predicted molar refractivity (Wildman–Crippen MR) is 118 cm³/mol. The number of carbonyl (C=O) groups is 3. The van der Waals surface area contributed by atoms with E-state index in [2.05, 4.69) is 6.58 Å². The number of hydrogen-bond acceptors (Lipinski definition) is 6. The molecular formula is C23H21NO6S. The second-order valence-corrected chi connectivity index (χ2v) is 7.73. The van der Waals surface area contributed by atoms with Crippen LogP contribution in [0.5, 0.6) is 11.5 Å². The molecule has 0 saturated carbocycles. The van der Waals surface area contributed by atoms with E-state index in [-0.39, 0.29) is 23.3 Å². The van der Waals surface area contributed by atoms with Gasteiger partial charge in [0.1, 0.15) is 6.61 Å². The van der Waals surface area contributed by atoms with Crippen molar-refractivity contribution in [2.75, 3.05) is 14.2 Å². The van der Waals surface area contributed by atoms with Gasteiger partial charge in [-0.1, -0.05) is 18.2 Å². The lowest BCUT2D eigenvalue weighted by Crippen LogP contribution is -2.22. The van der Waals surface area contributed by atoms with Gasteiger partial charge < -0.3 is 14.6 Å². The number of aromatic carboxylic acids is 1. The van der Waals surface area contributed by atoms with Crippen LogP contribution in [-0.2, 0) is 17.8 Å². The monoisotopic (exact) mass is 439 g/mol. The van der Waals surface area contributed by atoms with Gasteiger partial charge >= 0.3 is 5.97 Å². The number of thioether (sulfide) groups is 1. The third-order valence-electron chi connectivity index (χ3n) is 4.61. The fourth-order valence-electron chi connectivity index (χ4n) is 2.99. The largest absolute Gasteiger partial charge is 0.493 e. The molecule has 1 N–H and O–H groups in total. The fourth-order valence-corrected chi connectivity index (χ4v) is 3.81. The molecule has 0 atom stereocenters. The Labute approximate surface area is 184 Å². The molecule has 160 valence electrons. The number of methoxy groups -OCH3 is 1.